The predicted octanol–water partition coefficient (Wildman–Crippen LogP) is 3.01. The molecule has 1 saturated carbocycles. The number of amides is 1. The first-order valence-electron chi connectivity index (χ1n) is 13.6. The van der Waals surface area contributed by atoms with E-state index in [9.17, 15) is 9.90 Å². The second-order valence-electron chi connectivity index (χ2n) is 10.9. The summed E-state index contributed by atoms with van der Waals surface area (Å²) in [6, 6.07) is 5.93. The number of hydrogen-bond acceptors (Lipinski definition) is 9. The zero-order valence-corrected chi connectivity index (χ0v) is 22.1. The van der Waals surface area contributed by atoms with Crippen LogP contribution < -0.4 is 15.5 Å². The number of carbonyl (C=O) groups excluding carboxylic acids is 1. The Morgan fingerprint density at radius 1 is 1.16 bits per heavy atom. The van der Waals surface area contributed by atoms with Crippen LogP contribution in [0.3, 0.4) is 0 Å². The molecular weight excluding hydrogens is 484 g/mol. The quantitative estimate of drug-likeness (QED) is 0.466. The SMILES string of the molecule is CN(C)C(=O)c1cc2cnc(Nc3ccc(N4CC5(CCCNCC5)OC4O)cn3)nc2n1C1CCCC1. The zero-order valence-electron chi connectivity index (χ0n) is 22.1. The Kier molecular flexibility index (Phi) is 6.67. The smallest absolute Gasteiger partial charge is 0.270 e. The van der Waals surface area contributed by atoms with Crippen molar-refractivity contribution in [1.82, 2.24) is 29.7 Å². The maximum absolute atomic E-state index is 12.9. The van der Waals surface area contributed by atoms with E-state index in [2.05, 4.69) is 25.2 Å². The molecule has 202 valence electrons. The van der Waals surface area contributed by atoms with Gasteiger partial charge in [0.05, 0.1) is 24.0 Å². The van der Waals surface area contributed by atoms with E-state index in [1.165, 1.54) is 0 Å². The number of aliphatic hydroxyl groups is 1. The number of rotatable bonds is 5. The third-order valence-corrected chi connectivity index (χ3v) is 8.03. The Hall–Kier alpha value is -3.28. The number of nitrogens with one attached hydrogen (secondary N) is 2. The van der Waals surface area contributed by atoms with E-state index in [0.717, 1.165) is 74.8 Å². The van der Waals surface area contributed by atoms with Crippen molar-refractivity contribution in [2.24, 2.45) is 0 Å². The molecule has 1 aliphatic carbocycles. The van der Waals surface area contributed by atoms with Gasteiger partial charge in [-0.1, -0.05) is 12.8 Å². The van der Waals surface area contributed by atoms with E-state index in [0.29, 0.717) is 24.0 Å². The average Bonchev–Trinajstić information content (AvgIpc) is 3.59. The van der Waals surface area contributed by atoms with E-state index < -0.39 is 6.41 Å². The first-order valence-corrected chi connectivity index (χ1v) is 13.6. The van der Waals surface area contributed by atoms with Crippen LogP contribution in [0.1, 0.15) is 61.5 Å². The molecule has 5 heterocycles. The summed E-state index contributed by atoms with van der Waals surface area (Å²) in [5.74, 6) is 0.990. The van der Waals surface area contributed by atoms with Gasteiger partial charge in [0.2, 0.25) is 12.4 Å². The van der Waals surface area contributed by atoms with Crippen molar-refractivity contribution in [3.8, 4) is 0 Å². The summed E-state index contributed by atoms with van der Waals surface area (Å²) in [5, 5.41) is 18.1. The number of ether oxygens (including phenoxy) is 1. The molecule has 2 aliphatic heterocycles. The van der Waals surface area contributed by atoms with Crippen molar-refractivity contribution < 1.29 is 14.6 Å². The van der Waals surface area contributed by atoms with Gasteiger partial charge in [-0.05, 0) is 63.4 Å². The van der Waals surface area contributed by atoms with Gasteiger partial charge >= 0.3 is 0 Å². The monoisotopic (exact) mass is 520 g/mol. The summed E-state index contributed by atoms with van der Waals surface area (Å²) in [7, 11) is 3.54. The summed E-state index contributed by atoms with van der Waals surface area (Å²) in [6.45, 7) is 2.51. The highest BCUT2D eigenvalue weighted by molar-refractivity contribution is 5.97. The van der Waals surface area contributed by atoms with Crippen molar-refractivity contribution in [2.75, 3.05) is 43.9 Å². The molecule has 6 rings (SSSR count). The normalized spacial score (nSPS) is 24.3. The first kappa shape index (κ1) is 25.0. The van der Waals surface area contributed by atoms with Crippen LogP contribution in [0.25, 0.3) is 11.0 Å². The second-order valence-corrected chi connectivity index (χ2v) is 10.9. The van der Waals surface area contributed by atoms with Crippen LogP contribution >= 0.6 is 0 Å². The van der Waals surface area contributed by atoms with Crippen molar-refractivity contribution in [2.45, 2.75) is 63.0 Å². The summed E-state index contributed by atoms with van der Waals surface area (Å²) in [5.41, 5.74) is 1.89. The van der Waals surface area contributed by atoms with Gasteiger partial charge in [-0.25, -0.2) is 9.97 Å². The summed E-state index contributed by atoms with van der Waals surface area (Å²) in [4.78, 5) is 30.3. The fourth-order valence-corrected chi connectivity index (χ4v) is 6.05. The largest absolute Gasteiger partial charge is 0.351 e. The maximum atomic E-state index is 12.9. The standard InChI is InChI=1S/C27H36N8O3/c1-33(2)24(36)21-14-18-15-30-25(32-23(18)35(21)19-6-3-4-7-19)31-22-9-8-20(16-29-22)34-17-27(38-26(34)37)10-5-12-28-13-11-27/h8-9,14-16,19,26,28,37H,3-7,10-13,17H2,1-2H3,(H,29,30,31,32). The van der Waals surface area contributed by atoms with Gasteiger partial charge in [-0.3, -0.25) is 4.79 Å². The molecule has 2 saturated heterocycles. The summed E-state index contributed by atoms with van der Waals surface area (Å²) >= 11 is 0. The van der Waals surface area contributed by atoms with Crippen LogP contribution in [0, 0.1) is 0 Å². The van der Waals surface area contributed by atoms with Crippen LogP contribution in [-0.4, -0.2) is 81.2 Å². The molecule has 0 radical (unpaired) electrons. The van der Waals surface area contributed by atoms with Crippen molar-refractivity contribution in [3.05, 3.63) is 36.3 Å². The highest BCUT2D eigenvalue weighted by Gasteiger charge is 2.44. The van der Waals surface area contributed by atoms with E-state index in [1.54, 1.807) is 31.4 Å². The molecule has 2 atom stereocenters. The molecule has 11 nitrogen and oxygen atoms in total. The molecule has 1 spiro atoms. The number of nitrogens with zero attached hydrogens (tertiary/aromatic N) is 6. The molecule has 0 aromatic carbocycles. The highest BCUT2D eigenvalue weighted by atomic mass is 16.7. The average molecular weight is 521 g/mol. The van der Waals surface area contributed by atoms with Gasteiger partial charge in [0.25, 0.3) is 5.91 Å². The number of fused-ring (bicyclic) bond motifs is 1. The number of anilines is 3. The number of hydrogen-bond donors (Lipinski definition) is 3. The van der Waals surface area contributed by atoms with Crippen LogP contribution in [0.4, 0.5) is 17.5 Å². The van der Waals surface area contributed by atoms with Gasteiger partial charge in [0.15, 0.2) is 0 Å². The Morgan fingerprint density at radius 2 is 2.00 bits per heavy atom. The molecule has 3 fully saturated rings. The highest BCUT2D eigenvalue weighted by Crippen LogP contribution is 2.37. The molecule has 11 heteroatoms. The van der Waals surface area contributed by atoms with Gasteiger partial charge in [-0.15, -0.1) is 0 Å². The third kappa shape index (κ3) is 4.70. The molecular formula is C27H36N8O3. The number of aromatic nitrogens is 4. The van der Waals surface area contributed by atoms with Crippen LogP contribution in [0.5, 0.6) is 0 Å². The summed E-state index contributed by atoms with van der Waals surface area (Å²) in [6.07, 6.45) is 9.72. The molecule has 1 amide bonds. The molecule has 0 bridgehead atoms. The van der Waals surface area contributed by atoms with E-state index in [4.69, 9.17) is 9.72 Å². The predicted molar refractivity (Wildman–Crippen MR) is 144 cm³/mol. The third-order valence-electron chi connectivity index (χ3n) is 8.03. The van der Waals surface area contributed by atoms with Crippen molar-refractivity contribution in [1.29, 1.82) is 0 Å². The minimum absolute atomic E-state index is 0.0309. The minimum Gasteiger partial charge on any atom is -0.351 e. The van der Waals surface area contributed by atoms with Crippen LogP contribution in [0.2, 0.25) is 0 Å². The Labute approximate surface area is 222 Å². The fourth-order valence-electron chi connectivity index (χ4n) is 6.05. The Bertz CT molecular complexity index is 1290. The lowest BCUT2D eigenvalue weighted by Crippen LogP contribution is -2.35. The topological polar surface area (TPSA) is 121 Å². The number of aliphatic hydroxyl groups excluding tert-OH is 1. The lowest BCUT2D eigenvalue weighted by atomic mass is 9.95. The van der Waals surface area contributed by atoms with Crippen LogP contribution in [0.15, 0.2) is 30.6 Å². The molecule has 3 aliphatic rings. The van der Waals surface area contributed by atoms with E-state index in [1.807, 2.05) is 23.1 Å². The lowest BCUT2D eigenvalue weighted by molar-refractivity contribution is -0.138. The Morgan fingerprint density at radius 3 is 2.76 bits per heavy atom. The van der Waals surface area contributed by atoms with E-state index in [-0.39, 0.29) is 17.6 Å². The summed E-state index contributed by atoms with van der Waals surface area (Å²) < 4.78 is 8.14. The van der Waals surface area contributed by atoms with Crippen molar-refractivity contribution >= 4 is 34.4 Å². The molecule has 3 aromatic rings. The minimum atomic E-state index is -0.984. The Balaban J connectivity index is 1.23. The van der Waals surface area contributed by atoms with Gasteiger partial charge in [0.1, 0.15) is 17.2 Å². The molecule has 2 unspecified atom stereocenters. The fraction of sp³-hybridized carbons (Fsp3) is 0.556. The first-order chi connectivity index (χ1) is 18.4. The lowest BCUT2D eigenvalue weighted by Gasteiger charge is -2.25. The number of carbonyl (C=O) groups is 1. The van der Waals surface area contributed by atoms with Gasteiger partial charge in [0, 0.05) is 31.7 Å². The molecule has 38 heavy (non-hydrogen) atoms. The zero-order chi connectivity index (χ0) is 26.3. The van der Waals surface area contributed by atoms with Gasteiger partial charge < -0.3 is 34.8 Å². The van der Waals surface area contributed by atoms with Gasteiger partial charge in [-0.2, -0.15) is 4.98 Å². The van der Waals surface area contributed by atoms with Crippen LogP contribution in [-0.2, 0) is 4.74 Å². The maximum Gasteiger partial charge on any atom is 0.270 e. The number of pyridine rings is 1. The van der Waals surface area contributed by atoms with Crippen molar-refractivity contribution in [3.63, 3.8) is 0 Å². The molecule has 3 aromatic heterocycles. The second kappa shape index (κ2) is 10.1. The molecule has 3 N–H and O–H groups in total. The van der Waals surface area contributed by atoms with E-state index >= 15 is 0 Å².